The molecule has 0 bridgehead atoms. The van der Waals surface area contributed by atoms with Gasteiger partial charge in [-0.05, 0) is 66.9 Å². The normalized spacial score (nSPS) is 11.1. The Kier molecular flexibility index (Phi) is 5.22. The molecule has 2 aromatic carbocycles. The van der Waals surface area contributed by atoms with Crippen LogP contribution in [0.1, 0.15) is 15.9 Å². The molecule has 3 aromatic heterocycles. The highest BCUT2D eigenvalue weighted by Gasteiger charge is 2.11. The van der Waals surface area contributed by atoms with E-state index in [1.165, 1.54) is 0 Å². The average Bonchev–Trinajstić information content (AvgIpc) is 3.49. The zero-order chi connectivity index (χ0) is 22.1. The van der Waals surface area contributed by atoms with E-state index in [1.807, 2.05) is 72.8 Å². The van der Waals surface area contributed by atoms with Crippen molar-refractivity contribution < 1.29 is 4.79 Å². The first-order valence-electron chi connectivity index (χ1n) is 9.98. The van der Waals surface area contributed by atoms with E-state index in [1.54, 1.807) is 12.1 Å². The predicted octanol–water partition coefficient (Wildman–Crippen LogP) is 4.94. The van der Waals surface area contributed by atoms with Crippen LogP contribution < -0.4 is 10.5 Å². The molecule has 5 rings (SSSR count). The van der Waals surface area contributed by atoms with Gasteiger partial charge in [-0.2, -0.15) is 5.10 Å². The lowest BCUT2D eigenvalue weighted by Gasteiger charge is -2.11. The van der Waals surface area contributed by atoms with Gasteiger partial charge in [0, 0.05) is 51.2 Å². The first-order valence-corrected chi connectivity index (χ1v) is 10.9. The molecule has 7 nitrogen and oxygen atoms in total. The summed E-state index contributed by atoms with van der Waals surface area (Å²) in [4.78, 5) is 21.1. The molecule has 158 valence electrons. The highest BCUT2D eigenvalue weighted by Crippen LogP contribution is 2.25. The Labute approximate surface area is 188 Å². The van der Waals surface area contributed by atoms with E-state index in [0.29, 0.717) is 11.3 Å². The standard InChI is InChI=1S/C24H20N6OS/c1-15-5-6-20(29-24(31)17-3-2-4-21(10-17)32-25)11-22(15)30-14-19(13-28-30)18-9-16-7-8-26-23(16)27-12-18/h2-14H,25H2,1H3,(H,26,27)(H,29,31). The maximum absolute atomic E-state index is 12.7. The molecule has 0 unspecified atom stereocenters. The van der Waals surface area contributed by atoms with Gasteiger partial charge in [-0.1, -0.05) is 12.1 Å². The van der Waals surface area contributed by atoms with Gasteiger partial charge in [-0.25, -0.2) is 9.67 Å². The molecule has 0 spiro atoms. The van der Waals surface area contributed by atoms with Crippen LogP contribution in [0.5, 0.6) is 0 Å². The first-order chi connectivity index (χ1) is 15.6. The molecule has 0 aliphatic rings. The van der Waals surface area contributed by atoms with E-state index in [2.05, 4.69) is 26.4 Å². The number of fused-ring (bicyclic) bond motifs is 1. The number of rotatable bonds is 5. The molecule has 5 aromatic rings. The van der Waals surface area contributed by atoms with Crippen molar-refractivity contribution in [3.05, 3.63) is 90.5 Å². The average molecular weight is 441 g/mol. The van der Waals surface area contributed by atoms with E-state index in [9.17, 15) is 4.79 Å². The van der Waals surface area contributed by atoms with Crippen LogP contribution in [0.3, 0.4) is 0 Å². The number of hydrogen-bond donors (Lipinski definition) is 3. The summed E-state index contributed by atoms with van der Waals surface area (Å²) < 4.78 is 1.81. The number of nitrogens with one attached hydrogen (secondary N) is 2. The topological polar surface area (TPSA) is 102 Å². The second-order valence-corrected chi connectivity index (χ2v) is 8.12. The van der Waals surface area contributed by atoms with Gasteiger partial charge in [0.2, 0.25) is 0 Å². The fourth-order valence-electron chi connectivity index (χ4n) is 3.55. The van der Waals surface area contributed by atoms with Crippen molar-refractivity contribution in [1.29, 1.82) is 0 Å². The minimum atomic E-state index is -0.192. The minimum absolute atomic E-state index is 0.192. The van der Waals surface area contributed by atoms with Crippen LogP contribution in [0.4, 0.5) is 5.69 Å². The van der Waals surface area contributed by atoms with E-state index >= 15 is 0 Å². The van der Waals surface area contributed by atoms with Crippen molar-refractivity contribution >= 4 is 34.6 Å². The number of aromatic nitrogens is 4. The number of anilines is 1. The van der Waals surface area contributed by atoms with Crippen molar-refractivity contribution in [1.82, 2.24) is 19.7 Å². The van der Waals surface area contributed by atoms with Crippen LogP contribution >= 0.6 is 11.9 Å². The van der Waals surface area contributed by atoms with Crippen LogP contribution in [-0.2, 0) is 0 Å². The molecule has 0 atom stereocenters. The van der Waals surface area contributed by atoms with Crippen LogP contribution in [0.25, 0.3) is 27.8 Å². The smallest absolute Gasteiger partial charge is 0.255 e. The van der Waals surface area contributed by atoms with Crippen molar-refractivity contribution in [3.63, 3.8) is 0 Å². The van der Waals surface area contributed by atoms with Gasteiger partial charge in [0.05, 0.1) is 11.9 Å². The molecule has 0 aliphatic carbocycles. The van der Waals surface area contributed by atoms with E-state index in [0.717, 1.165) is 50.3 Å². The number of aryl methyl sites for hydroxylation is 1. The predicted molar refractivity (Wildman–Crippen MR) is 128 cm³/mol. The number of nitrogens with two attached hydrogens (primary N) is 1. The SMILES string of the molecule is Cc1ccc(NC(=O)c2cccc(SN)c2)cc1-n1cc(-c2cnc3[nH]ccc3c2)cn1. The number of hydrogen-bond acceptors (Lipinski definition) is 5. The molecule has 0 fully saturated rings. The number of carbonyl (C=O) groups is 1. The van der Waals surface area contributed by atoms with E-state index in [4.69, 9.17) is 5.14 Å². The molecule has 0 saturated carbocycles. The molecule has 8 heteroatoms. The van der Waals surface area contributed by atoms with E-state index < -0.39 is 0 Å². The lowest BCUT2D eigenvalue weighted by molar-refractivity contribution is 0.102. The molecule has 4 N–H and O–H groups in total. The number of nitrogens with zero attached hydrogens (tertiary/aromatic N) is 3. The van der Waals surface area contributed by atoms with Gasteiger partial charge in [0.15, 0.2) is 0 Å². The maximum Gasteiger partial charge on any atom is 0.255 e. The Balaban J connectivity index is 1.42. The fraction of sp³-hybridized carbons (Fsp3) is 0.0417. The lowest BCUT2D eigenvalue weighted by atomic mass is 10.1. The number of aromatic amines is 1. The molecule has 0 radical (unpaired) electrons. The number of benzene rings is 2. The van der Waals surface area contributed by atoms with Crippen molar-refractivity contribution in [2.45, 2.75) is 11.8 Å². The summed E-state index contributed by atoms with van der Waals surface area (Å²) in [5.41, 5.74) is 5.98. The summed E-state index contributed by atoms with van der Waals surface area (Å²) in [5, 5.41) is 14.2. The van der Waals surface area contributed by atoms with Crippen LogP contribution in [0.2, 0.25) is 0 Å². The van der Waals surface area contributed by atoms with Crippen LogP contribution in [-0.4, -0.2) is 25.7 Å². The summed E-state index contributed by atoms with van der Waals surface area (Å²) in [5.74, 6) is -0.192. The van der Waals surface area contributed by atoms with Gasteiger partial charge in [-0.15, -0.1) is 0 Å². The number of H-pyrrole nitrogens is 1. The third-order valence-electron chi connectivity index (χ3n) is 5.26. The lowest BCUT2D eigenvalue weighted by Crippen LogP contribution is -2.12. The van der Waals surface area contributed by atoms with Gasteiger partial charge in [0.25, 0.3) is 5.91 Å². The summed E-state index contributed by atoms with van der Waals surface area (Å²) in [6.07, 6.45) is 7.48. The third kappa shape index (κ3) is 3.89. The molecule has 0 saturated heterocycles. The quantitative estimate of drug-likeness (QED) is 0.336. The number of carbonyl (C=O) groups excluding carboxylic acids is 1. The van der Waals surface area contributed by atoms with Crippen LogP contribution in [0.15, 0.2) is 84.3 Å². The summed E-state index contributed by atoms with van der Waals surface area (Å²) in [6.45, 7) is 2.01. The van der Waals surface area contributed by atoms with Gasteiger partial charge in [0.1, 0.15) is 5.65 Å². The van der Waals surface area contributed by atoms with Crippen molar-refractivity contribution in [2.24, 2.45) is 5.14 Å². The Hall–Kier alpha value is -3.88. The first kappa shape index (κ1) is 20.0. The van der Waals surface area contributed by atoms with Gasteiger partial charge in [-0.3, -0.25) is 9.93 Å². The molecule has 0 aliphatic heterocycles. The summed E-state index contributed by atoms with van der Waals surface area (Å²) >= 11 is 1.11. The Morgan fingerprint density at radius 3 is 2.88 bits per heavy atom. The molecular weight excluding hydrogens is 420 g/mol. The number of amides is 1. The monoisotopic (exact) mass is 440 g/mol. The molecule has 1 amide bonds. The molecule has 32 heavy (non-hydrogen) atoms. The summed E-state index contributed by atoms with van der Waals surface area (Å²) in [6, 6.07) is 17.0. The van der Waals surface area contributed by atoms with Crippen molar-refractivity contribution in [2.75, 3.05) is 5.32 Å². The fourth-order valence-corrected chi connectivity index (χ4v) is 3.90. The highest BCUT2D eigenvalue weighted by molar-refractivity contribution is 7.97. The maximum atomic E-state index is 12.7. The van der Waals surface area contributed by atoms with Gasteiger partial charge >= 0.3 is 0 Å². The largest absolute Gasteiger partial charge is 0.346 e. The van der Waals surface area contributed by atoms with Crippen LogP contribution in [0, 0.1) is 6.92 Å². The summed E-state index contributed by atoms with van der Waals surface area (Å²) in [7, 11) is 0. The second kappa shape index (κ2) is 8.33. The Morgan fingerprint density at radius 1 is 1.09 bits per heavy atom. The second-order valence-electron chi connectivity index (χ2n) is 7.41. The highest BCUT2D eigenvalue weighted by atomic mass is 32.2. The van der Waals surface area contributed by atoms with Crippen molar-refractivity contribution in [3.8, 4) is 16.8 Å². The third-order valence-corrected chi connectivity index (χ3v) is 5.79. The number of pyridine rings is 1. The zero-order valence-corrected chi connectivity index (χ0v) is 18.1. The van der Waals surface area contributed by atoms with E-state index in [-0.39, 0.29) is 5.91 Å². The molecule has 3 heterocycles. The molecular formula is C24H20N6OS. The zero-order valence-electron chi connectivity index (χ0n) is 17.2. The van der Waals surface area contributed by atoms with Gasteiger partial charge < -0.3 is 10.3 Å². The minimum Gasteiger partial charge on any atom is -0.346 e. The Morgan fingerprint density at radius 2 is 2.00 bits per heavy atom. The Bertz CT molecular complexity index is 1440.